The normalized spacial score (nSPS) is 15.8. The lowest BCUT2D eigenvalue weighted by atomic mass is 10.0. The van der Waals surface area contributed by atoms with E-state index in [0.717, 1.165) is 12.8 Å². The second-order valence-corrected chi connectivity index (χ2v) is 9.41. The molecule has 29 heavy (non-hydrogen) atoms. The highest BCUT2D eigenvalue weighted by molar-refractivity contribution is 7.89. The Labute approximate surface area is 174 Å². The molecular formula is C20H21ClN2O5S. The Bertz CT molecular complexity index is 1030. The monoisotopic (exact) mass is 436 g/mol. The van der Waals surface area contributed by atoms with Crippen LogP contribution >= 0.6 is 11.6 Å². The van der Waals surface area contributed by atoms with Crippen molar-refractivity contribution in [3.8, 4) is 0 Å². The van der Waals surface area contributed by atoms with Gasteiger partial charge in [0.15, 0.2) is 0 Å². The molecule has 7 nitrogen and oxygen atoms in total. The molecule has 2 aromatic rings. The van der Waals surface area contributed by atoms with Gasteiger partial charge in [-0.1, -0.05) is 18.5 Å². The van der Waals surface area contributed by atoms with Crippen LogP contribution in [0.1, 0.15) is 40.5 Å². The highest BCUT2D eigenvalue weighted by Gasteiger charge is 2.29. The van der Waals surface area contributed by atoms with Gasteiger partial charge in [-0.3, -0.25) is 4.79 Å². The quantitative estimate of drug-likeness (QED) is 0.743. The van der Waals surface area contributed by atoms with E-state index in [4.69, 9.17) is 16.7 Å². The van der Waals surface area contributed by atoms with Crippen LogP contribution in [0.2, 0.25) is 5.02 Å². The minimum atomic E-state index is -3.72. The van der Waals surface area contributed by atoms with E-state index in [1.807, 2.05) is 0 Å². The SMILES string of the molecule is CC1CCN(S(=O)(=O)c2ccc(Cl)c(C(=O)Nc3ccc(C(=O)O)cc3)c2)CC1. The third-order valence-corrected chi connectivity index (χ3v) is 7.18. The van der Waals surface area contributed by atoms with Crippen molar-refractivity contribution in [1.82, 2.24) is 4.31 Å². The second kappa shape index (κ2) is 8.52. The van der Waals surface area contributed by atoms with E-state index in [1.165, 1.54) is 46.8 Å². The zero-order chi connectivity index (χ0) is 21.2. The standard InChI is InChI=1S/C20H21ClN2O5S/c1-13-8-10-23(11-9-13)29(27,28)16-6-7-18(21)17(12-16)19(24)22-15-4-2-14(3-5-15)20(25)26/h2-7,12-13H,8-11H2,1H3,(H,22,24)(H,25,26). The maximum absolute atomic E-state index is 12.9. The first-order chi connectivity index (χ1) is 13.7. The molecule has 1 aliphatic rings. The van der Waals surface area contributed by atoms with Crippen LogP contribution in [0.25, 0.3) is 0 Å². The minimum absolute atomic E-state index is 0.0165. The number of halogens is 1. The van der Waals surface area contributed by atoms with Crippen molar-refractivity contribution in [2.45, 2.75) is 24.7 Å². The van der Waals surface area contributed by atoms with Crippen LogP contribution in [0.15, 0.2) is 47.4 Å². The molecule has 2 aromatic carbocycles. The lowest BCUT2D eigenvalue weighted by Gasteiger charge is -2.29. The number of carbonyl (C=O) groups is 2. The first kappa shape index (κ1) is 21.3. The van der Waals surface area contributed by atoms with Gasteiger partial charge >= 0.3 is 5.97 Å². The number of aromatic carboxylic acids is 1. The Hall–Kier alpha value is -2.42. The van der Waals surface area contributed by atoms with E-state index in [-0.39, 0.29) is 21.0 Å². The van der Waals surface area contributed by atoms with Crippen molar-refractivity contribution in [2.24, 2.45) is 5.92 Å². The van der Waals surface area contributed by atoms with E-state index in [1.54, 1.807) is 0 Å². The van der Waals surface area contributed by atoms with Crippen LogP contribution < -0.4 is 5.32 Å². The van der Waals surface area contributed by atoms with Crippen LogP contribution in [0.4, 0.5) is 5.69 Å². The van der Waals surface area contributed by atoms with Crippen LogP contribution in [0, 0.1) is 5.92 Å². The summed E-state index contributed by atoms with van der Waals surface area (Å²) in [6.07, 6.45) is 1.60. The molecule has 9 heteroatoms. The Balaban J connectivity index is 1.82. The molecule has 0 aliphatic carbocycles. The first-order valence-electron chi connectivity index (χ1n) is 9.13. The number of anilines is 1. The highest BCUT2D eigenvalue weighted by Crippen LogP contribution is 2.27. The van der Waals surface area contributed by atoms with Crippen LogP contribution in [-0.4, -0.2) is 42.8 Å². The summed E-state index contributed by atoms with van der Waals surface area (Å²) >= 11 is 6.13. The summed E-state index contributed by atoms with van der Waals surface area (Å²) < 4.78 is 27.3. The highest BCUT2D eigenvalue weighted by atomic mass is 35.5. The third kappa shape index (κ3) is 4.77. The van der Waals surface area contributed by atoms with E-state index in [2.05, 4.69) is 12.2 Å². The van der Waals surface area contributed by atoms with Gasteiger partial charge in [-0.05, 0) is 61.2 Å². The van der Waals surface area contributed by atoms with Crippen molar-refractivity contribution >= 4 is 39.2 Å². The largest absolute Gasteiger partial charge is 0.478 e. The molecule has 154 valence electrons. The molecule has 3 rings (SSSR count). The zero-order valence-corrected chi connectivity index (χ0v) is 17.3. The number of carboxylic acids is 1. The maximum Gasteiger partial charge on any atom is 0.335 e. The van der Waals surface area contributed by atoms with Gasteiger partial charge in [0, 0.05) is 18.8 Å². The van der Waals surface area contributed by atoms with Crippen molar-refractivity contribution in [3.05, 3.63) is 58.6 Å². The Morgan fingerprint density at radius 2 is 1.72 bits per heavy atom. The predicted molar refractivity (Wildman–Crippen MR) is 110 cm³/mol. The number of sulfonamides is 1. The van der Waals surface area contributed by atoms with E-state index in [9.17, 15) is 18.0 Å². The summed E-state index contributed by atoms with van der Waals surface area (Å²) in [6, 6.07) is 9.68. The predicted octanol–water partition coefficient (Wildman–Crippen LogP) is 3.71. The average molecular weight is 437 g/mol. The lowest BCUT2D eigenvalue weighted by Crippen LogP contribution is -2.37. The van der Waals surface area contributed by atoms with E-state index >= 15 is 0 Å². The number of nitrogens with zero attached hydrogens (tertiary/aromatic N) is 1. The van der Waals surface area contributed by atoms with Crippen LogP contribution in [0.3, 0.4) is 0 Å². The fourth-order valence-electron chi connectivity index (χ4n) is 3.11. The van der Waals surface area contributed by atoms with Gasteiger partial charge in [-0.25, -0.2) is 13.2 Å². The number of rotatable bonds is 5. The molecule has 0 bridgehead atoms. The smallest absolute Gasteiger partial charge is 0.335 e. The molecule has 1 aliphatic heterocycles. The van der Waals surface area contributed by atoms with Crippen molar-refractivity contribution < 1.29 is 23.1 Å². The third-order valence-electron chi connectivity index (χ3n) is 4.95. The lowest BCUT2D eigenvalue weighted by molar-refractivity contribution is 0.0696. The molecule has 0 atom stereocenters. The van der Waals surface area contributed by atoms with Crippen molar-refractivity contribution in [1.29, 1.82) is 0 Å². The van der Waals surface area contributed by atoms with E-state index in [0.29, 0.717) is 24.7 Å². The molecule has 0 radical (unpaired) electrons. The summed E-state index contributed by atoms with van der Waals surface area (Å²) in [6.45, 7) is 2.99. The number of nitrogens with one attached hydrogen (secondary N) is 1. The van der Waals surface area contributed by atoms with Crippen LogP contribution in [0.5, 0.6) is 0 Å². The van der Waals surface area contributed by atoms with Gasteiger partial charge in [0.25, 0.3) is 5.91 Å². The average Bonchev–Trinajstić information content (AvgIpc) is 2.68. The van der Waals surface area contributed by atoms with E-state index < -0.39 is 21.9 Å². The number of piperidine rings is 1. The van der Waals surface area contributed by atoms with Crippen molar-refractivity contribution in [2.75, 3.05) is 18.4 Å². The van der Waals surface area contributed by atoms with Crippen LogP contribution in [-0.2, 0) is 10.0 Å². The molecule has 0 spiro atoms. The molecule has 1 fully saturated rings. The van der Waals surface area contributed by atoms with Gasteiger partial charge in [0.05, 0.1) is 21.0 Å². The molecule has 0 saturated carbocycles. The number of carboxylic acid groups (broad SMARTS) is 1. The summed E-state index contributed by atoms with van der Waals surface area (Å²) in [4.78, 5) is 23.6. The molecular weight excluding hydrogens is 416 g/mol. The molecule has 0 aromatic heterocycles. The summed E-state index contributed by atoms with van der Waals surface area (Å²) in [7, 11) is -3.72. The Kier molecular flexibility index (Phi) is 6.26. The summed E-state index contributed by atoms with van der Waals surface area (Å²) in [5.41, 5.74) is 0.486. The van der Waals surface area contributed by atoms with Gasteiger partial charge < -0.3 is 10.4 Å². The van der Waals surface area contributed by atoms with Crippen molar-refractivity contribution in [3.63, 3.8) is 0 Å². The number of hydrogen-bond donors (Lipinski definition) is 2. The minimum Gasteiger partial charge on any atom is -0.478 e. The fraction of sp³-hybridized carbons (Fsp3) is 0.300. The summed E-state index contributed by atoms with van der Waals surface area (Å²) in [5, 5.41) is 11.7. The maximum atomic E-state index is 12.9. The fourth-order valence-corrected chi connectivity index (χ4v) is 4.81. The Morgan fingerprint density at radius 1 is 1.10 bits per heavy atom. The number of carbonyl (C=O) groups excluding carboxylic acids is 1. The molecule has 1 heterocycles. The van der Waals surface area contributed by atoms with Gasteiger partial charge in [0.2, 0.25) is 10.0 Å². The molecule has 1 saturated heterocycles. The number of hydrogen-bond acceptors (Lipinski definition) is 4. The zero-order valence-electron chi connectivity index (χ0n) is 15.8. The van der Waals surface area contributed by atoms with Gasteiger partial charge in [-0.15, -0.1) is 0 Å². The molecule has 0 unspecified atom stereocenters. The summed E-state index contributed by atoms with van der Waals surface area (Å²) in [5.74, 6) is -1.17. The van der Waals surface area contributed by atoms with Gasteiger partial charge in [0.1, 0.15) is 0 Å². The van der Waals surface area contributed by atoms with Gasteiger partial charge in [-0.2, -0.15) is 4.31 Å². The number of benzene rings is 2. The number of amides is 1. The second-order valence-electron chi connectivity index (χ2n) is 7.06. The Morgan fingerprint density at radius 3 is 2.31 bits per heavy atom. The first-order valence-corrected chi connectivity index (χ1v) is 10.9. The molecule has 2 N–H and O–H groups in total. The topological polar surface area (TPSA) is 104 Å². The molecule has 1 amide bonds.